The number of nitrogens with one attached hydrogen (secondary N) is 1. The van der Waals surface area contributed by atoms with Crippen LogP contribution >= 0.6 is 34.9 Å². The van der Waals surface area contributed by atoms with Crippen LogP contribution in [0.4, 0.5) is 5.13 Å². The third-order valence-corrected chi connectivity index (χ3v) is 10.0. The van der Waals surface area contributed by atoms with Gasteiger partial charge in [-0.2, -0.15) is 0 Å². The second kappa shape index (κ2) is 9.56. The molecule has 8 nitrogen and oxygen atoms in total. The number of carbonyl (C=O) groups is 3. The molecule has 1 unspecified atom stereocenters. The molecule has 2 amide bonds. The fraction of sp³-hybridized carbons (Fsp3) is 0.250. The van der Waals surface area contributed by atoms with Crippen LogP contribution < -0.4 is 11.1 Å². The molecule has 0 saturated carbocycles. The van der Waals surface area contributed by atoms with Crippen molar-refractivity contribution < 1.29 is 19.5 Å². The summed E-state index contributed by atoms with van der Waals surface area (Å²) in [5, 5.41) is 13.1. The molecule has 2 aliphatic heterocycles. The number of β-lactam (4-membered cyclic amide) rings is 1. The predicted molar refractivity (Wildman–Crippen MR) is 138 cm³/mol. The van der Waals surface area contributed by atoms with E-state index in [1.807, 2.05) is 60.7 Å². The average molecular weight is 527 g/mol. The first-order valence-electron chi connectivity index (χ1n) is 10.9. The van der Waals surface area contributed by atoms with Crippen LogP contribution in [0.1, 0.15) is 5.56 Å². The highest BCUT2D eigenvalue weighted by Crippen LogP contribution is 2.50. The first-order valence-corrected chi connectivity index (χ1v) is 13.5. The number of benzene rings is 2. The number of anilines is 1. The van der Waals surface area contributed by atoms with Crippen LogP contribution in [0, 0.1) is 0 Å². The van der Waals surface area contributed by atoms with Crippen molar-refractivity contribution in [2.24, 2.45) is 0 Å². The Morgan fingerprint density at radius 2 is 1.86 bits per heavy atom. The third-order valence-electron chi connectivity index (χ3n) is 5.92. The maximum atomic E-state index is 12.9. The summed E-state index contributed by atoms with van der Waals surface area (Å²) >= 11 is 3.82. The lowest BCUT2D eigenvalue weighted by atomic mass is 10.0. The quantitative estimate of drug-likeness (QED) is 0.401. The highest BCUT2D eigenvalue weighted by molar-refractivity contribution is 8.06. The lowest BCUT2D eigenvalue weighted by molar-refractivity contribution is -0.152. The molecule has 5 rings (SSSR count). The zero-order valence-corrected chi connectivity index (χ0v) is 20.9. The van der Waals surface area contributed by atoms with Gasteiger partial charge in [-0.05, 0) is 5.56 Å². The van der Waals surface area contributed by atoms with Gasteiger partial charge in [-0.3, -0.25) is 14.4 Å². The summed E-state index contributed by atoms with van der Waals surface area (Å²) in [6.45, 7) is 0.0423. The number of nitrogens with zero attached hydrogens (tertiary/aromatic N) is 2. The molecule has 2 fully saturated rings. The molecule has 180 valence electrons. The van der Waals surface area contributed by atoms with E-state index in [1.165, 1.54) is 34.9 Å². The highest BCUT2D eigenvalue weighted by Gasteiger charge is 2.58. The Bertz CT molecular complexity index is 1270. The molecule has 2 saturated heterocycles. The number of hydrogen-bond donors (Lipinski definition) is 3. The standard InChI is InChI=1S/C24H22N4O4S3/c25-23-27-17(15-9-5-2-6-10-15)21(34-23)35-24(22(31)32)12-28-19(30)18(20(28)33-13-24)26-16(29)11-14-7-3-1-4-8-14/h1-10,18,20H,11-13H2,(H2,25,27)(H,26,29)(H,31,32)/t18-,20-,24?/m1/s1. The van der Waals surface area contributed by atoms with E-state index < -0.39 is 16.8 Å². The molecule has 1 aromatic heterocycles. The topological polar surface area (TPSA) is 126 Å². The minimum absolute atomic E-state index is 0.0423. The van der Waals surface area contributed by atoms with Crippen LogP contribution in [-0.2, 0) is 20.8 Å². The largest absolute Gasteiger partial charge is 0.480 e. The van der Waals surface area contributed by atoms with Gasteiger partial charge in [0.1, 0.15) is 16.2 Å². The zero-order chi connectivity index (χ0) is 24.6. The highest BCUT2D eigenvalue weighted by atomic mass is 32.2. The van der Waals surface area contributed by atoms with Crippen molar-refractivity contribution in [1.82, 2.24) is 15.2 Å². The normalized spacial score (nSPS) is 23.3. The Hall–Kier alpha value is -3.02. The summed E-state index contributed by atoms with van der Waals surface area (Å²) in [5.74, 6) is -1.21. The van der Waals surface area contributed by atoms with Crippen molar-refractivity contribution in [3.8, 4) is 11.3 Å². The minimum Gasteiger partial charge on any atom is -0.480 e. The van der Waals surface area contributed by atoms with Gasteiger partial charge >= 0.3 is 5.97 Å². The number of nitrogens with two attached hydrogens (primary N) is 1. The second-order valence-corrected chi connectivity index (χ2v) is 12.1. The zero-order valence-electron chi connectivity index (χ0n) is 18.4. The van der Waals surface area contributed by atoms with Crippen molar-refractivity contribution in [3.05, 3.63) is 66.2 Å². The lowest BCUT2D eigenvalue weighted by Gasteiger charge is -2.53. The van der Waals surface area contributed by atoms with Crippen LogP contribution in [0.15, 0.2) is 64.9 Å². The van der Waals surface area contributed by atoms with E-state index in [0.717, 1.165) is 11.1 Å². The molecule has 0 radical (unpaired) electrons. The van der Waals surface area contributed by atoms with E-state index in [-0.39, 0.29) is 35.9 Å². The maximum absolute atomic E-state index is 12.9. The van der Waals surface area contributed by atoms with Gasteiger partial charge in [-0.1, -0.05) is 83.8 Å². The summed E-state index contributed by atoms with van der Waals surface area (Å²) in [6, 6.07) is 18.1. The summed E-state index contributed by atoms with van der Waals surface area (Å²) in [6.07, 6.45) is 0.186. The van der Waals surface area contributed by atoms with Crippen LogP contribution in [0.25, 0.3) is 11.3 Å². The van der Waals surface area contributed by atoms with Gasteiger partial charge in [0.2, 0.25) is 11.8 Å². The molecule has 35 heavy (non-hydrogen) atoms. The molecule has 4 N–H and O–H groups in total. The van der Waals surface area contributed by atoms with E-state index in [4.69, 9.17) is 5.73 Å². The van der Waals surface area contributed by atoms with E-state index in [9.17, 15) is 19.5 Å². The SMILES string of the molecule is Nc1nc(-c2ccccc2)c(SC2(C(=O)O)CS[C@@H]3[C@H](NC(=O)Cc4ccccc4)C(=O)N3C2)s1. The van der Waals surface area contributed by atoms with Gasteiger partial charge in [0.25, 0.3) is 0 Å². The molecule has 3 aromatic rings. The maximum Gasteiger partial charge on any atom is 0.322 e. The van der Waals surface area contributed by atoms with Crippen molar-refractivity contribution in [1.29, 1.82) is 0 Å². The first kappa shape index (κ1) is 23.7. The number of rotatable bonds is 7. The summed E-state index contributed by atoms with van der Waals surface area (Å²) in [5.41, 5.74) is 8.34. The molecule has 2 aliphatic rings. The number of aromatic nitrogens is 1. The minimum atomic E-state index is -1.25. The van der Waals surface area contributed by atoms with Gasteiger partial charge in [0.15, 0.2) is 5.13 Å². The van der Waals surface area contributed by atoms with Crippen molar-refractivity contribution in [2.75, 3.05) is 18.0 Å². The van der Waals surface area contributed by atoms with Crippen LogP contribution in [-0.4, -0.2) is 61.2 Å². The first-order chi connectivity index (χ1) is 16.9. The second-order valence-electron chi connectivity index (χ2n) is 8.33. The number of carbonyl (C=O) groups excluding carboxylic acids is 2. The summed E-state index contributed by atoms with van der Waals surface area (Å²) in [7, 11) is 0. The monoisotopic (exact) mass is 526 g/mol. The lowest BCUT2D eigenvalue weighted by Crippen LogP contribution is -2.74. The Kier molecular flexibility index (Phi) is 6.47. The number of amides is 2. The fourth-order valence-corrected chi connectivity index (χ4v) is 8.36. The molecule has 0 aliphatic carbocycles. The van der Waals surface area contributed by atoms with E-state index in [0.29, 0.717) is 15.0 Å². The van der Waals surface area contributed by atoms with E-state index >= 15 is 0 Å². The predicted octanol–water partition coefficient (Wildman–Crippen LogP) is 2.95. The number of hydrogen-bond acceptors (Lipinski definition) is 8. The van der Waals surface area contributed by atoms with Crippen LogP contribution in [0.2, 0.25) is 0 Å². The third kappa shape index (κ3) is 4.63. The Labute approximate surface area is 214 Å². The van der Waals surface area contributed by atoms with E-state index in [1.54, 1.807) is 4.90 Å². The molecule has 0 spiro atoms. The van der Waals surface area contributed by atoms with Crippen LogP contribution in [0.3, 0.4) is 0 Å². The number of carboxylic acid groups (broad SMARTS) is 1. The molecular weight excluding hydrogens is 504 g/mol. The van der Waals surface area contributed by atoms with Gasteiger partial charge in [0.05, 0.1) is 16.3 Å². The molecule has 3 heterocycles. The summed E-state index contributed by atoms with van der Waals surface area (Å²) in [4.78, 5) is 43.9. The van der Waals surface area contributed by atoms with E-state index in [2.05, 4.69) is 10.3 Å². The summed E-state index contributed by atoms with van der Waals surface area (Å²) < 4.78 is -0.547. The number of thiazole rings is 1. The van der Waals surface area contributed by atoms with Crippen molar-refractivity contribution in [2.45, 2.75) is 26.8 Å². The van der Waals surface area contributed by atoms with Gasteiger partial charge < -0.3 is 21.1 Å². The number of thioether (sulfide) groups is 2. The van der Waals surface area contributed by atoms with Crippen LogP contribution in [0.5, 0.6) is 0 Å². The Morgan fingerprint density at radius 3 is 2.54 bits per heavy atom. The van der Waals surface area contributed by atoms with Crippen molar-refractivity contribution in [3.63, 3.8) is 0 Å². The number of fused-ring (bicyclic) bond motifs is 1. The average Bonchev–Trinajstić information content (AvgIpc) is 3.23. The number of carboxylic acids is 1. The molecular formula is C24H22N4O4S3. The molecule has 3 atom stereocenters. The Balaban J connectivity index is 1.30. The van der Waals surface area contributed by atoms with Crippen molar-refractivity contribution >= 4 is 57.8 Å². The number of nitrogen functional groups attached to an aromatic ring is 1. The smallest absolute Gasteiger partial charge is 0.322 e. The number of aliphatic carboxylic acids is 1. The van der Waals surface area contributed by atoms with Gasteiger partial charge in [0, 0.05) is 17.9 Å². The van der Waals surface area contributed by atoms with Gasteiger partial charge in [-0.25, -0.2) is 4.98 Å². The molecule has 11 heteroatoms. The molecule has 0 bridgehead atoms. The fourth-order valence-electron chi connectivity index (χ4n) is 4.14. The van der Waals surface area contributed by atoms with Gasteiger partial charge in [-0.15, -0.1) is 11.8 Å². The molecule has 2 aromatic carbocycles. The Morgan fingerprint density at radius 1 is 1.17 bits per heavy atom.